The lowest BCUT2D eigenvalue weighted by molar-refractivity contribution is 0.0992. The molecule has 0 bridgehead atoms. The molecule has 5 aromatic rings. The third-order valence-corrected chi connectivity index (χ3v) is 6.08. The number of thiophene rings is 1. The summed E-state index contributed by atoms with van der Waals surface area (Å²) in [4.78, 5) is 36.6. The molecule has 29 heavy (non-hydrogen) atoms. The normalized spacial score (nSPS) is 11.3. The second-order valence-corrected chi connectivity index (χ2v) is 7.94. The molecule has 3 heterocycles. The largest absolute Gasteiger partial charge is 0.360 e. The van der Waals surface area contributed by atoms with Crippen LogP contribution in [0.5, 0.6) is 0 Å². The van der Waals surface area contributed by atoms with E-state index in [1.54, 1.807) is 12.3 Å². The van der Waals surface area contributed by atoms with Crippen LogP contribution >= 0.6 is 22.9 Å². The van der Waals surface area contributed by atoms with Crippen molar-refractivity contribution in [3.05, 3.63) is 86.9 Å². The number of H-pyrrole nitrogens is 2. The van der Waals surface area contributed by atoms with E-state index in [0.717, 1.165) is 22.0 Å². The topological polar surface area (TPSA) is 78.6 Å². The molecule has 2 N–H and O–H groups in total. The number of aromatic amines is 2. The molecule has 3 aromatic heterocycles. The molecule has 0 aliphatic heterocycles. The molecule has 142 valence electrons. The molecule has 0 saturated heterocycles. The maximum atomic E-state index is 12.8. The van der Waals surface area contributed by atoms with Crippen LogP contribution in [0.1, 0.15) is 16.2 Å². The number of nitrogens with one attached hydrogen (secondary N) is 2. The second kappa shape index (κ2) is 6.99. The fourth-order valence-electron chi connectivity index (χ4n) is 3.50. The summed E-state index contributed by atoms with van der Waals surface area (Å²) in [6.45, 7) is 0. The number of aromatic nitrogens is 3. The highest BCUT2D eigenvalue weighted by molar-refractivity contribution is 7.17. The Morgan fingerprint density at radius 3 is 2.72 bits per heavy atom. The number of Topliss-reactive ketones (excluding diaryl/α,β-unsaturated/α-hetero) is 1. The van der Waals surface area contributed by atoms with Gasteiger partial charge in [0.05, 0.1) is 11.8 Å². The monoisotopic (exact) mass is 419 g/mol. The molecule has 2 aromatic carbocycles. The molecule has 0 saturated carbocycles. The molecule has 0 spiro atoms. The van der Waals surface area contributed by atoms with Gasteiger partial charge in [-0.3, -0.25) is 9.59 Å². The van der Waals surface area contributed by atoms with E-state index in [-0.39, 0.29) is 17.8 Å². The predicted octanol–water partition coefficient (Wildman–Crippen LogP) is 5.21. The molecule has 5 rings (SSSR count). The lowest BCUT2D eigenvalue weighted by Gasteiger charge is -2.03. The zero-order valence-electron chi connectivity index (χ0n) is 15.0. The third-order valence-electron chi connectivity index (χ3n) is 4.87. The molecule has 7 heteroatoms. The minimum absolute atomic E-state index is 0.0202. The number of nitrogens with zero attached hydrogens (tertiary/aromatic N) is 1. The van der Waals surface area contributed by atoms with Crippen molar-refractivity contribution in [3.8, 4) is 11.1 Å². The summed E-state index contributed by atoms with van der Waals surface area (Å²) in [6.07, 6.45) is 1.72. The Labute approximate surface area is 174 Å². The smallest absolute Gasteiger partial charge is 0.260 e. The number of para-hydroxylation sites is 1. The number of ketones is 1. The van der Waals surface area contributed by atoms with Gasteiger partial charge in [0.25, 0.3) is 5.56 Å². The van der Waals surface area contributed by atoms with E-state index in [0.29, 0.717) is 26.6 Å². The van der Waals surface area contributed by atoms with Gasteiger partial charge in [0.1, 0.15) is 10.7 Å². The quantitative estimate of drug-likeness (QED) is 0.392. The standard InChI is InChI=1S/C22H14ClN3O2S/c23-16-7-3-1-5-12(16)15-11-29-22-20(15)21(28)25-19(26-22)9-18(27)14-10-24-17-8-4-2-6-13(14)17/h1-8,10-11,24H,9H2,(H,25,26,28). The fraction of sp³-hybridized carbons (Fsp3) is 0.0455. The number of halogens is 1. The Bertz CT molecular complexity index is 1450. The van der Waals surface area contributed by atoms with E-state index in [9.17, 15) is 9.59 Å². The Hall–Kier alpha value is -3.22. The predicted molar refractivity (Wildman–Crippen MR) is 117 cm³/mol. The number of hydrogen-bond donors (Lipinski definition) is 2. The SMILES string of the molecule is O=C(Cc1nc2scc(-c3ccccc3Cl)c2c(=O)[nH]1)c1c[nH]c2ccccc12. The highest BCUT2D eigenvalue weighted by Gasteiger charge is 2.18. The summed E-state index contributed by atoms with van der Waals surface area (Å²) < 4.78 is 0. The van der Waals surface area contributed by atoms with Gasteiger partial charge in [-0.15, -0.1) is 11.3 Å². The number of fused-ring (bicyclic) bond motifs is 2. The van der Waals surface area contributed by atoms with Crippen molar-refractivity contribution in [2.24, 2.45) is 0 Å². The van der Waals surface area contributed by atoms with Crippen LogP contribution in [0.3, 0.4) is 0 Å². The number of carbonyl (C=O) groups is 1. The minimum atomic E-state index is -0.270. The van der Waals surface area contributed by atoms with Gasteiger partial charge >= 0.3 is 0 Å². The average Bonchev–Trinajstić information content (AvgIpc) is 3.33. The summed E-state index contributed by atoms with van der Waals surface area (Å²) >= 11 is 7.66. The van der Waals surface area contributed by atoms with Crippen molar-refractivity contribution < 1.29 is 4.79 Å². The summed E-state index contributed by atoms with van der Waals surface area (Å²) in [5, 5.41) is 3.80. The second-order valence-electron chi connectivity index (χ2n) is 6.67. The van der Waals surface area contributed by atoms with E-state index in [4.69, 9.17) is 11.6 Å². The molecular weight excluding hydrogens is 406 g/mol. The third kappa shape index (κ3) is 3.06. The van der Waals surface area contributed by atoms with Gasteiger partial charge in [0.15, 0.2) is 5.78 Å². The zero-order valence-corrected chi connectivity index (χ0v) is 16.6. The van der Waals surface area contributed by atoms with Crippen LogP contribution in [0, 0.1) is 0 Å². The zero-order chi connectivity index (χ0) is 20.0. The van der Waals surface area contributed by atoms with Crippen LogP contribution < -0.4 is 5.56 Å². The Kier molecular flexibility index (Phi) is 4.30. The van der Waals surface area contributed by atoms with Gasteiger partial charge in [-0.2, -0.15) is 0 Å². The first-order valence-electron chi connectivity index (χ1n) is 8.96. The van der Waals surface area contributed by atoms with E-state index < -0.39 is 0 Å². The van der Waals surface area contributed by atoms with Crippen LogP contribution in [0.4, 0.5) is 0 Å². The minimum Gasteiger partial charge on any atom is -0.360 e. The maximum Gasteiger partial charge on any atom is 0.260 e. The molecule has 0 radical (unpaired) electrons. The lowest BCUT2D eigenvalue weighted by atomic mass is 10.1. The first-order valence-corrected chi connectivity index (χ1v) is 10.2. The summed E-state index contributed by atoms with van der Waals surface area (Å²) in [5.74, 6) is 0.248. The van der Waals surface area contributed by atoms with Crippen LogP contribution in [0.2, 0.25) is 5.02 Å². The molecule has 0 aliphatic rings. The van der Waals surface area contributed by atoms with Crippen LogP contribution in [-0.2, 0) is 6.42 Å². The first-order chi connectivity index (χ1) is 14.1. The van der Waals surface area contributed by atoms with E-state index >= 15 is 0 Å². The fourth-order valence-corrected chi connectivity index (χ4v) is 4.70. The molecule has 0 unspecified atom stereocenters. The molecule has 5 nitrogen and oxygen atoms in total. The first kappa shape index (κ1) is 17.8. The summed E-state index contributed by atoms with van der Waals surface area (Å²) in [6, 6.07) is 15.0. The Balaban J connectivity index is 1.53. The van der Waals surface area contributed by atoms with Crippen LogP contribution in [-0.4, -0.2) is 20.7 Å². The van der Waals surface area contributed by atoms with E-state index in [1.165, 1.54) is 11.3 Å². The van der Waals surface area contributed by atoms with Crippen LogP contribution in [0.15, 0.2) is 64.9 Å². The maximum absolute atomic E-state index is 12.8. The van der Waals surface area contributed by atoms with Gasteiger partial charge in [0.2, 0.25) is 0 Å². The average molecular weight is 420 g/mol. The highest BCUT2D eigenvalue weighted by atomic mass is 35.5. The van der Waals surface area contributed by atoms with Crippen LogP contribution in [0.25, 0.3) is 32.2 Å². The highest BCUT2D eigenvalue weighted by Crippen LogP contribution is 2.34. The van der Waals surface area contributed by atoms with Gasteiger partial charge < -0.3 is 9.97 Å². The molecular formula is C22H14ClN3O2S. The molecule has 0 atom stereocenters. The van der Waals surface area contributed by atoms with Crippen molar-refractivity contribution in [2.75, 3.05) is 0 Å². The van der Waals surface area contributed by atoms with Crippen molar-refractivity contribution >= 4 is 49.8 Å². The van der Waals surface area contributed by atoms with Gasteiger partial charge in [-0.05, 0) is 12.1 Å². The summed E-state index contributed by atoms with van der Waals surface area (Å²) in [7, 11) is 0. The number of rotatable bonds is 4. The number of carbonyl (C=O) groups excluding carboxylic acids is 1. The van der Waals surface area contributed by atoms with E-state index in [1.807, 2.05) is 47.8 Å². The number of hydrogen-bond acceptors (Lipinski definition) is 4. The summed E-state index contributed by atoms with van der Waals surface area (Å²) in [5.41, 5.74) is 2.75. The molecule has 0 fully saturated rings. The van der Waals surface area contributed by atoms with Gasteiger partial charge in [-0.1, -0.05) is 48.0 Å². The Morgan fingerprint density at radius 2 is 1.86 bits per heavy atom. The molecule has 0 aliphatic carbocycles. The van der Waals surface area contributed by atoms with Crippen molar-refractivity contribution in [1.29, 1.82) is 0 Å². The van der Waals surface area contributed by atoms with Crippen molar-refractivity contribution in [3.63, 3.8) is 0 Å². The van der Waals surface area contributed by atoms with E-state index in [2.05, 4.69) is 15.0 Å². The van der Waals surface area contributed by atoms with Gasteiger partial charge in [-0.25, -0.2) is 4.98 Å². The molecule has 0 amide bonds. The lowest BCUT2D eigenvalue weighted by Crippen LogP contribution is -2.14. The number of benzene rings is 2. The van der Waals surface area contributed by atoms with Gasteiger partial charge in [0, 0.05) is 44.2 Å². The van der Waals surface area contributed by atoms with Crippen molar-refractivity contribution in [1.82, 2.24) is 15.0 Å². The Morgan fingerprint density at radius 1 is 1.07 bits per heavy atom. The van der Waals surface area contributed by atoms with Crippen molar-refractivity contribution in [2.45, 2.75) is 6.42 Å².